The topological polar surface area (TPSA) is 64.3 Å². The van der Waals surface area contributed by atoms with Crippen molar-refractivity contribution in [3.05, 3.63) is 0 Å². The van der Waals surface area contributed by atoms with Crippen molar-refractivity contribution < 1.29 is 9.53 Å². The molecular formula is C16H30N2O2. The monoisotopic (exact) mass is 282 g/mol. The quantitative estimate of drug-likeness (QED) is 0.735. The second kappa shape index (κ2) is 7.41. The molecule has 2 aliphatic rings. The zero-order valence-electron chi connectivity index (χ0n) is 12.8. The third-order valence-electron chi connectivity index (χ3n) is 5.06. The van der Waals surface area contributed by atoms with E-state index in [1.54, 1.807) is 0 Å². The average molecular weight is 282 g/mol. The van der Waals surface area contributed by atoms with E-state index in [0.29, 0.717) is 0 Å². The van der Waals surface area contributed by atoms with Crippen LogP contribution in [0.3, 0.4) is 0 Å². The third kappa shape index (κ3) is 3.95. The summed E-state index contributed by atoms with van der Waals surface area (Å²) >= 11 is 0. The number of nitrogens with two attached hydrogens (primary N) is 1. The molecule has 3 atom stereocenters. The van der Waals surface area contributed by atoms with Crippen LogP contribution in [0.15, 0.2) is 0 Å². The number of hydrogen-bond donors (Lipinski definition) is 2. The Morgan fingerprint density at radius 2 is 2.15 bits per heavy atom. The summed E-state index contributed by atoms with van der Waals surface area (Å²) in [4.78, 5) is 12.0. The van der Waals surface area contributed by atoms with Crippen LogP contribution in [0.1, 0.15) is 64.7 Å². The van der Waals surface area contributed by atoms with E-state index in [2.05, 4.69) is 12.2 Å². The highest BCUT2D eigenvalue weighted by Gasteiger charge is 2.38. The van der Waals surface area contributed by atoms with Gasteiger partial charge in [0.25, 0.3) is 0 Å². The summed E-state index contributed by atoms with van der Waals surface area (Å²) in [5.74, 6) is 0.596. The second-order valence-corrected chi connectivity index (χ2v) is 6.55. The lowest BCUT2D eigenvalue weighted by molar-refractivity contribution is -0.125. The fourth-order valence-electron chi connectivity index (χ4n) is 3.73. The number of carbonyl (C=O) groups excluding carboxylic acids is 1. The maximum absolute atomic E-state index is 12.0. The highest BCUT2D eigenvalue weighted by molar-refractivity contribution is 5.84. The van der Waals surface area contributed by atoms with Crippen LogP contribution in [0.25, 0.3) is 0 Å². The lowest BCUT2D eigenvalue weighted by Crippen LogP contribution is -2.56. The number of ether oxygens (including phenoxy) is 1. The number of nitrogens with one attached hydrogen (secondary N) is 1. The summed E-state index contributed by atoms with van der Waals surface area (Å²) in [6, 6.07) is 0. The lowest BCUT2D eigenvalue weighted by Gasteiger charge is -2.32. The van der Waals surface area contributed by atoms with Crippen LogP contribution in [0, 0.1) is 5.92 Å². The van der Waals surface area contributed by atoms with E-state index in [-0.39, 0.29) is 12.0 Å². The molecular weight excluding hydrogens is 252 g/mol. The maximum atomic E-state index is 12.0. The van der Waals surface area contributed by atoms with Crippen molar-refractivity contribution in [1.82, 2.24) is 5.32 Å². The number of hydrogen-bond acceptors (Lipinski definition) is 3. The van der Waals surface area contributed by atoms with Crippen LogP contribution in [-0.2, 0) is 9.53 Å². The smallest absolute Gasteiger partial charge is 0.237 e. The SMILES string of the molecule is CCCC1CCCC(NCC2CCCO2)(C(N)=O)CC1. The fourth-order valence-corrected chi connectivity index (χ4v) is 3.73. The lowest BCUT2D eigenvalue weighted by atomic mass is 9.88. The molecule has 0 aromatic heterocycles. The van der Waals surface area contributed by atoms with Gasteiger partial charge in [-0.2, -0.15) is 0 Å². The number of amides is 1. The molecule has 2 rings (SSSR count). The van der Waals surface area contributed by atoms with Crippen LogP contribution in [0.4, 0.5) is 0 Å². The van der Waals surface area contributed by atoms with E-state index in [4.69, 9.17) is 10.5 Å². The Bertz CT molecular complexity index is 316. The molecule has 0 aromatic rings. The van der Waals surface area contributed by atoms with Crippen molar-refractivity contribution in [2.24, 2.45) is 11.7 Å². The number of rotatable bonds is 6. The summed E-state index contributed by atoms with van der Waals surface area (Å²) in [6.45, 7) is 3.86. The molecule has 0 aromatic carbocycles. The Balaban J connectivity index is 1.92. The average Bonchev–Trinajstić information content (AvgIpc) is 2.85. The van der Waals surface area contributed by atoms with Crippen LogP contribution in [0.2, 0.25) is 0 Å². The minimum Gasteiger partial charge on any atom is -0.377 e. The first-order valence-electron chi connectivity index (χ1n) is 8.33. The first-order chi connectivity index (χ1) is 9.66. The third-order valence-corrected chi connectivity index (χ3v) is 5.06. The van der Waals surface area contributed by atoms with E-state index in [1.807, 2.05) is 0 Å². The summed E-state index contributed by atoms with van der Waals surface area (Å²) in [6.07, 6.45) is 10.2. The molecule has 1 amide bonds. The largest absolute Gasteiger partial charge is 0.377 e. The summed E-state index contributed by atoms with van der Waals surface area (Å²) < 4.78 is 5.65. The van der Waals surface area contributed by atoms with Gasteiger partial charge < -0.3 is 15.8 Å². The Kier molecular flexibility index (Phi) is 5.85. The van der Waals surface area contributed by atoms with E-state index >= 15 is 0 Å². The molecule has 0 radical (unpaired) electrons. The van der Waals surface area contributed by atoms with Gasteiger partial charge in [0.2, 0.25) is 5.91 Å². The van der Waals surface area contributed by atoms with Crippen LogP contribution < -0.4 is 11.1 Å². The second-order valence-electron chi connectivity index (χ2n) is 6.55. The van der Waals surface area contributed by atoms with Crippen LogP contribution in [-0.4, -0.2) is 30.7 Å². The molecule has 3 unspecified atom stereocenters. The van der Waals surface area contributed by atoms with E-state index in [1.165, 1.54) is 19.3 Å². The van der Waals surface area contributed by atoms with Crippen LogP contribution >= 0.6 is 0 Å². The highest BCUT2D eigenvalue weighted by atomic mass is 16.5. The zero-order chi connectivity index (χ0) is 14.4. The molecule has 1 aliphatic carbocycles. The van der Waals surface area contributed by atoms with Gasteiger partial charge in [0.15, 0.2) is 0 Å². The minimum atomic E-state index is -0.492. The maximum Gasteiger partial charge on any atom is 0.237 e. The summed E-state index contributed by atoms with van der Waals surface area (Å²) in [7, 11) is 0. The predicted molar refractivity (Wildman–Crippen MR) is 80.4 cm³/mol. The minimum absolute atomic E-state index is 0.173. The Morgan fingerprint density at radius 1 is 1.30 bits per heavy atom. The highest BCUT2D eigenvalue weighted by Crippen LogP contribution is 2.32. The predicted octanol–water partition coefficient (Wildman–Crippen LogP) is 2.36. The molecule has 4 nitrogen and oxygen atoms in total. The Hall–Kier alpha value is -0.610. The number of carbonyl (C=O) groups is 1. The van der Waals surface area contributed by atoms with Crippen molar-refractivity contribution >= 4 is 5.91 Å². The zero-order valence-corrected chi connectivity index (χ0v) is 12.8. The van der Waals surface area contributed by atoms with Crippen molar-refractivity contribution in [3.63, 3.8) is 0 Å². The van der Waals surface area contributed by atoms with Crippen molar-refractivity contribution in [2.45, 2.75) is 76.4 Å². The van der Waals surface area contributed by atoms with Gasteiger partial charge in [0.1, 0.15) is 0 Å². The molecule has 2 fully saturated rings. The van der Waals surface area contributed by atoms with Gasteiger partial charge in [0, 0.05) is 13.2 Å². The normalized spacial score (nSPS) is 34.9. The first kappa shape index (κ1) is 15.8. The van der Waals surface area contributed by atoms with Gasteiger partial charge in [0.05, 0.1) is 11.6 Å². The molecule has 1 aliphatic heterocycles. The van der Waals surface area contributed by atoms with Gasteiger partial charge >= 0.3 is 0 Å². The van der Waals surface area contributed by atoms with Gasteiger partial charge in [-0.15, -0.1) is 0 Å². The van der Waals surface area contributed by atoms with Crippen molar-refractivity contribution in [2.75, 3.05) is 13.2 Å². The van der Waals surface area contributed by atoms with Gasteiger partial charge in [-0.1, -0.05) is 32.6 Å². The molecule has 4 heteroatoms. The standard InChI is InChI=1S/C16H30N2O2/c1-2-5-13-6-3-9-16(10-8-13,15(17)19)18-12-14-7-4-11-20-14/h13-14,18H,2-12H2,1H3,(H2,17,19). The summed E-state index contributed by atoms with van der Waals surface area (Å²) in [5.41, 5.74) is 5.24. The summed E-state index contributed by atoms with van der Waals surface area (Å²) in [5, 5.41) is 3.48. The molecule has 116 valence electrons. The molecule has 20 heavy (non-hydrogen) atoms. The van der Waals surface area contributed by atoms with Gasteiger partial charge in [-0.05, 0) is 38.0 Å². The number of primary amides is 1. The van der Waals surface area contributed by atoms with E-state index < -0.39 is 5.54 Å². The van der Waals surface area contributed by atoms with Gasteiger partial charge in [-0.25, -0.2) is 0 Å². The Labute approximate surface area is 122 Å². The molecule has 1 heterocycles. The van der Waals surface area contributed by atoms with Gasteiger partial charge in [-0.3, -0.25) is 4.79 Å². The fraction of sp³-hybridized carbons (Fsp3) is 0.938. The van der Waals surface area contributed by atoms with Crippen LogP contribution in [0.5, 0.6) is 0 Å². The Morgan fingerprint density at radius 3 is 2.80 bits per heavy atom. The van der Waals surface area contributed by atoms with Crippen molar-refractivity contribution in [1.29, 1.82) is 0 Å². The van der Waals surface area contributed by atoms with E-state index in [0.717, 1.165) is 57.6 Å². The molecule has 1 saturated carbocycles. The van der Waals surface area contributed by atoms with Crippen molar-refractivity contribution in [3.8, 4) is 0 Å². The molecule has 0 spiro atoms. The molecule has 0 bridgehead atoms. The molecule has 1 saturated heterocycles. The molecule has 3 N–H and O–H groups in total. The first-order valence-corrected chi connectivity index (χ1v) is 8.33. The van der Waals surface area contributed by atoms with E-state index in [9.17, 15) is 4.79 Å².